The third-order valence-electron chi connectivity index (χ3n) is 4.38. The molecule has 0 aliphatic heterocycles. The predicted molar refractivity (Wildman–Crippen MR) is 87.5 cm³/mol. The van der Waals surface area contributed by atoms with Crippen LogP contribution in [0, 0.1) is 12.8 Å². The highest BCUT2D eigenvalue weighted by Gasteiger charge is 2.20. The largest absolute Gasteiger partial charge is 0.355 e. The van der Waals surface area contributed by atoms with Crippen LogP contribution in [0.15, 0.2) is 17.4 Å². The third-order valence-corrected chi connectivity index (χ3v) is 4.38. The first-order valence-electron chi connectivity index (χ1n) is 8.17. The molecule has 0 amide bonds. The highest BCUT2D eigenvalue weighted by Crippen LogP contribution is 2.26. The highest BCUT2D eigenvalue weighted by atomic mass is 15.3. The van der Waals surface area contributed by atoms with E-state index >= 15 is 0 Å². The SMILES string of the molecule is CCC1CCC(NC(=NC)NCCn2cc(C)cn2)CC1. The lowest BCUT2D eigenvalue weighted by Crippen LogP contribution is -2.45. The molecule has 2 rings (SSSR count). The van der Waals surface area contributed by atoms with Crippen molar-refractivity contribution >= 4 is 5.96 Å². The van der Waals surface area contributed by atoms with Crippen LogP contribution in [-0.2, 0) is 6.54 Å². The Balaban J connectivity index is 1.69. The van der Waals surface area contributed by atoms with Crippen molar-refractivity contribution in [2.24, 2.45) is 10.9 Å². The number of hydrogen-bond acceptors (Lipinski definition) is 2. The summed E-state index contributed by atoms with van der Waals surface area (Å²) in [5, 5.41) is 11.2. The Morgan fingerprint density at radius 1 is 1.38 bits per heavy atom. The molecule has 1 aromatic rings. The molecule has 118 valence electrons. The quantitative estimate of drug-likeness (QED) is 0.646. The summed E-state index contributed by atoms with van der Waals surface area (Å²) in [6.07, 6.45) is 10.5. The van der Waals surface area contributed by atoms with Crippen molar-refractivity contribution < 1.29 is 0 Å². The maximum Gasteiger partial charge on any atom is 0.191 e. The van der Waals surface area contributed by atoms with Crippen molar-refractivity contribution in [3.05, 3.63) is 18.0 Å². The van der Waals surface area contributed by atoms with Gasteiger partial charge in [0, 0.05) is 25.8 Å². The summed E-state index contributed by atoms with van der Waals surface area (Å²) in [7, 11) is 1.84. The van der Waals surface area contributed by atoms with Crippen molar-refractivity contribution in [1.82, 2.24) is 20.4 Å². The van der Waals surface area contributed by atoms with Gasteiger partial charge in [-0.25, -0.2) is 0 Å². The predicted octanol–water partition coefficient (Wildman–Crippen LogP) is 2.33. The Labute approximate surface area is 128 Å². The molecule has 0 spiro atoms. The molecule has 1 aliphatic carbocycles. The van der Waals surface area contributed by atoms with Crippen LogP contribution < -0.4 is 10.6 Å². The van der Waals surface area contributed by atoms with Gasteiger partial charge in [-0.15, -0.1) is 0 Å². The normalized spacial score (nSPS) is 23.1. The van der Waals surface area contributed by atoms with Crippen molar-refractivity contribution in [2.45, 2.75) is 58.5 Å². The van der Waals surface area contributed by atoms with Crippen LogP contribution in [0.5, 0.6) is 0 Å². The first-order chi connectivity index (χ1) is 10.2. The van der Waals surface area contributed by atoms with E-state index in [4.69, 9.17) is 0 Å². The molecule has 2 N–H and O–H groups in total. The van der Waals surface area contributed by atoms with Crippen LogP contribution in [0.4, 0.5) is 0 Å². The molecule has 1 fully saturated rings. The minimum Gasteiger partial charge on any atom is -0.355 e. The fourth-order valence-electron chi connectivity index (χ4n) is 2.98. The summed E-state index contributed by atoms with van der Waals surface area (Å²) in [5.74, 6) is 1.85. The third kappa shape index (κ3) is 5.06. The molecule has 1 aliphatic rings. The molecular formula is C16H29N5. The van der Waals surface area contributed by atoms with Gasteiger partial charge in [0.25, 0.3) is 0 Å². The Kier molecular flexibility index (Phi) is 6.08. The van der Waals surface area contributed by atoms with E-state index in [2.05, 4.69) is 40.8 Å². The second kappa shape index (κ2) is 8.05. The van der Waals surface area contributed by atoms with E-state index in [0.29, 0.717) is 6.04 Å². The number of aryl methyl sites for hydroxylation is 1. The summed E-state index contributed by atoms with van der Waals surface area (Å²) >= 11 is 0. The zero-order valence-electron chi connectivity index (χ0n) is 13.6. The van der Waals surface area contributed by atoms with Crippen LogP contribution in [0.1, 0.15) is 44.6 Å². The van der Waals surface area contributed by atoms with Crippen LogP contribution >= 0.6 is 0 Å². The minimum atomic E-state index is 0.575. The average molecular weight is 291 g/mol. The van der Waals surface area contributed by atoms with Gasteiger partial charge in [-0.3, -0.25) is 9.67 Å². The Hall–Kier alpha value is -1.52. The molecule has 0 aromatic carbocycles. The topological polar surface area (TPSA) is 54.2 Å². The molecular weight excluding hydrogens is 262 g/mol. The minimum absolute atomic E-state index is 0.575. The van der Waals surface area contributed by atoms with E-state index in [0.717, 1.165) is 25.0 Å². The molecule has 0 atom stereocenters. The van der Waals surface area contributed by atoms with Gasteiger partial charge in [0.1, 0.15) is 0 Å². The van der Waals surface area contributed by atoms with E-state index in [9.17, 15) is 0 Å². The Morgan fingerprint density at radius 2 is 2.14 bits per heavy atom. The van der Waals surface area contributed by atoms with E-state index in [1.165, 1.54) is 37.7 Å². The van der Waals surface area contributed by atoms with E-state index in [1.807, 2.05) is 17.9 Å². The zero-order chi connectivity index (χ0) is 15.1. The Bertz CT molecular complexity index is 443. The molecule has 0 unspecified atom stereocenters. The first-order valence-corrected chi connectivity index (χ1v) is 8.17. The molecule has 1 heterocycles. The van der Waals surface area contributed by atoms with Gasteiger partial charge in [0.15, 0.2) is 5.96 Å². The van der Waals surface area contributed by atoms with Gasteiger partial charge in [-0.05, 0) is 44.1 Å². The van der Waals surface area contributed by atoms with E-state index in [1.54, 1.807) is 0 Å². The number of aromatic nitrogens is 2. The van der Waals surface area contributed by atoms with Crippen LogP contribution in [0.2, 0.25) is 0 Å². The number of nitrogens with one attached hydrogen (secondary N) is 2. The van der Waals surface area contributed by atoms with Crippen molar-refractivity contribution in [1.29, 1.82) is 0 Å². The standard InChI is InChI=1S/C16H29N5/c1-4-14-5-7-15(8-6-14)20-16(17-3)18-9-10-21-12-13(2)11-19-21/h11-12,14-15H,4-10H2,1-3H3,(H2,17,18,20). The molecule has 0 saturated heterocycles. The fourth-order valence-corrected chi connectivity index (χ4v) is 2.98. The number of nitrogens with zero attached hydrogens (tertiary/aromatic N) is 3. The summed E-state index contributed by atoms with van der Waals surface area (Å²) in [4.78, 5) is 4.32. The summed E-state index contributed by atoms with van der Waals surface area (Å²) in [6, 6.07) is 0.575. The molecule has 0 radical (unpaired) electrons. The van der Waals surface area contributed by atoms with Gasteiger partial charge in [-0.1, -0.05) is 13.3 Å². The second-order valence-corrected chi connectivity index (χ2v) is 6.05. The lowest BCUT2D eigenvalue weighted by Gasteiger charge is -2.29. The lowest BCUT2D eigenvalue weighted by molar-refractivity contribution is 0.304. The lowest BCUT2D eigenvalue weighted by atomic mass is 9.84. The molecule has 1 aromatic heterocycles. The van der Waals surface area contributed by atoms with Gasteiger partial charge in [0.05, 0.1) is 12.7 Å². The number of hydrogen-bond donors (Lipinski definition) is 2. The number of guanidine groups is 1. The number of aliphatic imine (C=N–C) groups is 1. The second-order valence-electron chi connectivity index (χ2n) is 6.05. The average Bonchev–Trinajstić information content (AvgIpc) is 2.92. The van der Waals surface area contributed by atoms with Crippen molar-refractivity contribution in [2.75, 3.05) is 13.6 Å². The highest BCUT2D eigenvalue weighted by molar-refractivity contribution is 5.79. The molecule has 5 nitrogen and oxygen atoms in total. The van der Waals surface area contributed by atoms with Gasteiger partial charge in [-0.2, -0.15) is 5.10 Å². The smallest absolute Gasteiger partial charge is 0.191 e. The first kappa shape index (κ1) is 15.9. The summed E-state index contributed by atoms with van der Waals surface area (Å²) in [5.41, 5.74) is 1.20. The van der Waals surface area contributed by atoms with Crippen LogP contribution in [0.3, 0.4) is 0 Å². The van der Waals surface area contributed by atoms with E-state index < -0.39 is 0 Å². The Morgan fingerprint density at radius 3 is 2.71 bits per heavy atom. The van der Waals surface area contributed by atoms with Crippen LogP contribution in [-0.4, -0.2) is 35.4 Å². The van der Waals surface area contributed by atoms with Crippen molar-refractivity contribution in [3.8, 4) is 0 Å². The van der Waals surface area contributed by atoms with Crippen molar-refractivity contribution in [3.63, 3.8) is 0 Å². The molecule has 0 bridgehead atoms. The van der Waals surface area contributed by atoms with Gasteiger partial charge >= 0.3 is 0 Å². The molecule has 5 heteroatoms. The van der Waals surface area contributed by atoms with Gasteiger partial charge in [0.2, 0.25) is 0 Å². The summed E-state index contributed by atoms with van der Waals surface area (Å²) in [6.45, 7) is 6.06. The zero-order valence-corrected chi connectivity index (χ0v) is 13.6. The van der Waals surface area contributed by atoms with Crippen LogP contribution in [0.25, 0.3) is 0 Å². The maximum atomic E-state index is 4.32. The number of rotatable bonds is 5. The fraction of sp³-hybridized carbons (Fsp3) is 0.750. The van der Waals surface area contributed by atoms with Gasteiger partial charge < -0.3 is 10.6 Å². The molecule has 21 heavy (non-hydrogen) atoms. The maximum absolute atomic E-state index is 4.32. The van der Waals surface area contributed by atoms with E-state index in [-0.39, 0.29) is 0 Å². The summed E-state index contributed by atoms with van der Waals surface area (Å²) < 4.78 is 1.96. The molecule has 1 saturated carbocycles. The monoisotopic (exact) mass is 291 g/mol.